The van der Waals surface area contributed by atoms with Crippen LogP contribution in [0.4, 0.5) is 5.69 Å². The summed E-state index contributed by atoms with van der Waals surface area (Å²) >= 11 is 6.21. The third-order valence-corrected chi connectivity index (χ3v) is 4.08. The summed E-state index contributed by atoms with van der Waals surface area (Å²) in [5.41, 5.74) is 1.68. The third-order valence-electron chi connectivity index (χ3n) is 3.77. The van der Waals surface area contributed by atoms with Gasteiger partial charge in [0.15, 0.2) is 11.5 Å². The maximum atomic E-state index is 12.3. The van der Waals surface area contributed by atoms with Crippen LogP contribution in [0.3, 0.4) is 0 Å². The van der Waals surface area contributed by atoms with E-state index in [9.17, 15) is 4.79 Å². The molecule has 120 valence electrons. The number of anilines is 1. The van der Waals surface area contributed by atoms with Gasteiger partial charge in [0.2, 0.25) is 5.91 Å². The molecule has 1 aliphatic rings. The summed E-state index contributed by atoms with van der Waals surface area (Å²) in [5, 5.41) is 3.29. The van der Waals surface area contributed by atoms with Crippen molar-refractivity contribution in [2.24, 2.45) is 0 Å². The number of ether oxygens (including phenoxy) is 2. The van der Waals surface area contributed by atoms with Crippen molar-refractivity contribution in [3.05, 3.63) is 53.1 Å². The Kier molecular flexibility index (Phi) is 4.72. The van der Waals surface area contributed by atoms with E-state index in [1.165, 1.54) is 0 Å². The number of halogens is 1. The molecule has 1 N–H and O–H groups in total. The van der Waals surface area contributed by atoms with Crippen molar-refractivity contribution in [1.29, 1.82) is 0 Å². The van der Waals surface area contributed by atoms with Crippen LogP contribution >= 0.6 is 11.6 Å². The molecule has 3 rings (SSSR count). The van der Waals surface area contributed by atoms with Gasteiger partial charge in [0.25, 0.3) is 0 Å². The minimum Gasteiger partial charge on any atom is -0.486 e. The van der Waals surface area contributed by atoms with E-state index in [4.69, 9.17) is 21.1 Å². The predicted molar refractivity (Wildman–Crippen MR) is 90.5 cm³/mol. The van der Waals surface area contributed by atoms with Crippen molar-refractivity contribution in [2.45, 2.75) is 19.3 Å². The lowest BCUT2D eigenvalue weighted by Gasteiger charge is -2.20. The minimum absolute atomic E-state index is 0.0834. The van der Waals surface area contributed by atoms with E-state index in [2.05, 4.69) is 5.32 Å². The molecule has 4 nitrogen and oxygen atoms in total. The Labute approximate surface area is 140 Å². The Morgan fingerprint density at radius 3 is 2.52 bits per heavy atom. The maximum absolute atomic E-state index is 12.3. The Morgan fingerprint density at radius 2 is 1.83 bits per heavy atom. The second-order valence-electron chi connectivity index (χ2n) is 5.54. The predicted octanol–water partition coefficient (Wildman–Crippen LogP) is 4.24. The standard InChI is InChI=1S/C18H18ClNO3/c1-12(13-5-3-2-4-6-13)9-18(21)20-15-11-17-16(10-14(15)19)22-7-8-23-17/h2-6,10-12H,7-9H2,1H3,(H,20,21). The first kappa shape index (κ1) is 15.7. The van der Waals surface area contributed by atoms with Gasteiger partial charge < -0.3 is 14.8 Å². The molecule has 0 aliphatic carbocycles. The fourth-order valence-electron chi connectivity index (χ4n) is 2.54. The van der Waals surface area contributed by atoms with Crippen LogP contribution in [0.15, 0.2) is 42.5 Å². The largest absolute Gasteiger partial charge is 0.486 e. The lowest BCUT2D eigenvalue weighted by atomic mass is 9.97. The number of carbonyl (C=O) groups is 1. The summed E-state index contributed by atoms with van der Waals surface area (Å²) in [4.78, 5) is 12.3. The van der Waals surface area contributed by atoms with Crippen LogP contribution in [0, 0.1) is 0 Å². The molecule has 1 atom stereocenters. The smallest absolute Gasteiger partial charge is 0.225 e. The first-order valence-electron chi connectivity index (χ1n) is 7.57. The van der Waals surface area contributed by atoms with E-state index in [1.807, 2.05) is 37.3 Å². The number of fused-ring (bicyclic) bond motifs is 1. The molecule has 1 aliphatic heterocycles. The highest BCUT2D eigenvalue weighted by molar-refractivity contribution is 6.34. The summed E-state index contributed by atoms with van der Waals surface area (Å²) in [7, 11) is 0. The van der Waals surface area contributed by atoms with E-state index in [0.717, 1.165) is 5.56 Å². The normalized spacial score (nSPS) is 14.2. The van der Waals surface area contributed by atoms with Gasteiger partial charge >= 0.3 is 0 Å². The average Bonchev–Trinajstić information content (AvgIpc) is 2.56. The quantitative estimate of drug-likeness (QED) is 0.911. The molecule has 0 saturated carbocycles. The first-order valence-corrected chi connectivity index (χ1v) is 7.95. The highest BCUT2D eigenvalue weighted by Crippen LogP contribution is 2.38. The zero-order valence-electron chi connectivity index (χ0n) is 12.8. The molecule has 0 saturated heterocycles. The average molecular weight is 332 g/mol. The maximum Gasteiger partial charge on any atom is 0.225 e. The van der Waals surface area contributed by atoms with E-state index in [0.29, 0.717) is 41.8 Å². The second kappa shape index (κ2) is 6.92. The molecule has 2 aromatic carbocycles. The number of carbonyl (C=O) groups excluding carboxylic acids is 1. The fraction of sp³-hybridized carbons (Fsp3) is 0.278. The summed E-state index contributed by atoms with van der Waals surface area (Å²) in [6.07, 6.45) is 0.384. The summed E-state index contributed by atoms with van der Waals surface area (Å²) < 4.78 is 11.0. The number of hydrogen-bond acceptors (Lipinski definition) is 3. The van der Waals surface area contributed by atoms with Crippen molar-refractivity contribution in [3.63, 3.8) is 0 Å². The van der Waals surface area contributed by atoms with Gasteiger partial charge in [0, 0.05) is 18.6 Å². The molecule has 0 bridgehead atoms. The topological polar surface area (TPSA) is 47.6 Å². The summed E-state index contributed by atoms with van der Waals surface area (Å²) in [6.45, 7) is 3.02. The molecule has 2 aromatic rings. The summed E-state index contributed by atoms with van der Waals surface area (Å²) in [6, 6.07) is 13.3. The van der Waals surface area contributed by atoms with Crippen LogP contribution in [0.5, 0.6) is 11.5 Å². The van der Waals surface area contributed by atoms with Crippen LogP contribution < -0.4 is 14.8 Å². The number of rotatable bonds is 4. The van der Waals surface area contributed by atoms with Gasteiger partial charge in [-0.15, -0.1) is 0 Å². The van der Waals surface area contributed by atoms with Gasteiger partial charge in [0.05, 0.1) is 10.7 Å². The molecule has 23 heavy (non-hydrogen) atoms. The van der Waals surface area contributed by atoms with Gasteiger partial charge in [-0.1, -0.05) is 48.9 Å². The van der Waals surface area contributed by atoms with Crippen molar-refractivity contribution in [1.82, 2.24) is 0 Å². The highest BCUT2D eigenvalue weighted by Gasteiger charge is 2.17. The lowest BCUT2D eigenvalue weighted by molar-refractivity contribution is -0.116. The van der Waals surface area contributed by atoms with Crippen LogP contribution in [-0.2, 0) is 4.79 Å². The van der Waals surface area contributed by atoms with Gasteiger partial charge in [-0.05, 0) is 11.5 Å². The monoisotopic (exact) mass is 331 g/mol. The zero-order chi connectivity index (χ0) is 16.2. The van der Waals surface area contributed by atoms with Gasteiger partial charge in [-0.2, -0.15) is 0 Å². The lowest BCUT2D eigenvalue weighted by Crippen LogP contribution is -2.17. The fourth-order valence-corrected chi connectivity index (χ4v) is 2.74. The van der Waals surface area contributed by atoms with Crippen LogP contribution in [-0.4, -0.2) is 19.1 Å². The van der Waals surface area contributed by atoms with E-state index in [-0.39, 0.29) is 11.8 Å². The van der Waals surface area contributed by atoms with E-state index < -0.39 is 0 Å². The molecule has 0 fully saturated rings. The Morgan fingerprint density at radius 1 is 1.17 bits per heavy atom. The molecular formula is C18H18ClNO3. The number of hydrogen-bond donors (Lipinski definition) is 1. The third kappa shape index (κ3) is 3.77. The highest BCUT2D eigenvalue weighted by atomic mass is 35.5. The number of nitrogens with one attached hydrogen (secondary N) is 1. The number of benzene rings is 2. The molecule has 0 radical (unpaired) electrons. The Bertz CT molecular complexity index is 703. The van der Waals surface area contributed by atoms with E-state index >= 15 is 0 Å². The van der Waals surface area contributed by atoms with E-state index in [1.54, 1.807) is 12.1 Å². The van der Waals surface area contributed by atoms with Crippen molar-refractivity contribution in [3.8, 4) is 11.5 Å². The van der Waals surface area contributed by atoms with Crippen LogP contribution in [0.2, 0.25) is 5.02 Å². The van der Waals surface area contributed by atoms with Crippen LogP contribution in [0.25, 0.3) is 0 Å². The van der Waals surface area contributed by atoms with Crippen molar-refractivity contribution >= 4 is 23.2 Å². The SMILES string of the molecule is CC(CC(=O)Nc1cc2c(cc1Cl)OCCO2)c1ccccc1. The van der Waals surface area contributed by atoms with Gasteiger partial charge in [0.1, 0.15) is 13.2 Å². The van der Waals surface area contributed by atoms with Gasteiger partial charge in [-0.3, -0.25) is 4.79 Å². The summed E-state index contributed by atoms with van der Waals surface area (Å²) in [5.74, 6) is 1.26. The van der Waals surface area contributed by atoms with Crippen molar-refractivity contribution in [2.75, 3.05) is 18.5 Å². The minimum atomic E-state index is -0.0834. The molecule has 5 heteroatoms. The molecular weight excluding hydrogens is 314 g/mol. The molecule has 1 amide bonds. The zero-order valence-corrected chi connectivity index (χ0v) is 13.6. The molecule has 0 aromatic heterocycles. The van der Waals surface area contributed by atoms with Crippen LogP contribution in [0.1, 0.15) is 24.8 Å². The second-order valence-corrected chi connectivity index (χ2v) is 5.95. The number of amides is 1. The van der Waals surface area contributed by atoms with Gasteiger partial charge in [-0.25, -0.2) is 0 Å². The molecule has 0 spiro atoms. The van der Waals surface area contributed by atoms with Crippen molar-refractivity contribution < 1.29 is 14.3 Å². The molecule has 1 unspecified atom stereocenters. The molecule has 1 heterocycles. The first-order chi connectivity index (χ1) is 11.1. The Hall–Kier alpha value is -2.20. The Balaban J connectivity index is 1.68.